The number of hydrogen-bond donors (Lipinski definition) is 2. The van der Waals surface area contributed by atoms with Gasteiger partial charge in [0.25, 0.3) is 0 Å². The molecule has 2 N–H and O–H groups in total. The summed E-state index contributed by atoms with van der Waals surface area (Å²) in [7, 11) is 1.86. The third kappa shape index (κ3) is 8.36. The van der Waals surface area contributed by atoms with Crippen LogP contribution in [0.5, 0.6) is 0 Å². The minimum Gasteiger partial charge on any atom is -0.481 e. The number of likely N-dealkylation sites (N-methyl/N-ethyl adjacent to an activating group) is 1. The van der Waals surface area contributed by atoms with Gasteiger partial charge in [0.05, 0.1) is 6.54 Å². The average molecular weight is 394 g/mol. The molecule has 0 aliphatic rings. The zero-order chi connectivity index (χ0) is 15.8. The maximum Gasteiger partial charge on any atom is 0.303 e. The van der Waals surface area contributed by atoms with Gasteiger partial charge in [-0.05, 0) is 57.1 Å². The molecular formula is C15H22BrClN2O3. The van der Waals surface area contributed by atoms with Crippen LogP contribution in [-0.4, -0.2) is 42.0 Å². The molecule has 5 nitrogen and oxygen atoms in total. The van der Waals surface area contributed by atoms with Crippen LogP contribution in [0.3, 0.4) is 0 Å². The summed E-state index contributed by atoms with van der Waals surface area (Å²) in [5, 5.41) is 11.4. The van der Waals surface area contributed by atoms with Crippen LogP contribution in [0, 0.1) is 6.92 Å². The number of amides is 1. The number of hydrogen-bond acceptors (Lipinski definition) is 3. The highest BCUT2D eigenvalue weighted by atomic mass is 79.9. The van der Waals surface area contributed by atoms with Crippen LogP contribution in [0.1, 0.15) is 24.8 Å². The van der Waals surface area contributed by atoms with E-state index in [1.807, 2.05) is 37.1 Å². The highest BCUT2D eigenvalue weighted by Gasteiger charge is 2.08. The van der Waals surface area contributed by atoms with Crippen LogP contribution in [0.15, 0.2) is 22.7 Å². The van der Waals surface area contributed by atoms with Crippen LogP contribution in [0.2, 0.25) is 0 Å². The second kappa shape index (κ2) is 10.6. The number of rotatable bonds is 8. The van der Waals surface area contributed by atoms with Gasteiger partial charge in [0.1, 0.15) is 0 Å². The van der Waals surface area contributed by atoms with Gasteiger partial charge in [0, 0.05) is 16.6 Å². The highest BCUT2D eigenvalue weighted by molar-refractivity contribution is 9.10. The molecule has 22 heavy (non-hydrogen) atoms. The van der Waals surface area contributed by atoms with Gasteiger partial charge >= 0.3 is 5.97 Å². The van der Waals surface area contributed by atoms with Crippen molar-refractivity contribution in [3.8, 4) is 0 Å². The van der Waals surface area contributed by atoms with Gasteiger partial charge in [0.2, 0.25) is 5.91 Å². The molecule has 1 rings (SSSR count). The van der Waals surface area contributed by atoms with Crippen molar-refractivity contribution in [2.24, 2.45) is 0 Å². The molecule has 0 bridgehead atoms. The molecule has 7 heteroatoms. The Morgan fingerprint density at radius 2 is 2.00 bits per heavy atom. The molecule has 0 fully saturated rings. The first kappa shape index (κ1) is 20.9. The molecule has 0 heterocycles. The molecule has 1 aromatic rings. The lowest BCUT2D eigenvalue weighted by Crippen LogP contribution is -2.31. The fourth-order valence-electron chi connectivity index (χ4n) is 1.94. The van der Waals surface area contributed by atoms with Crippen molar-refractivity contribution in [3.05, 3.63) is 28.2 Å². The maximum atomic E-state index is 11.9. The molecule has 0 aliphatic heterocycles. The summed E-state index contributed by atoms with van der Waals surface area (Å²) in [5.74, 6) is -0.845. The van der Waals surface area contributed by atoms with Crippen molar-refractivity contribution in [3.63, 3.8) is 0 Å². The number of anilines is 1. The van der Waals surface area contributed by atoms with Gasteiger partial charge in [-0.25, -0.2) is 0 Å². The Bertz CT molecular complexity index is 512. The number of aryl methyl sites for hydroxylation is 1. The number of carbonyl (C=O) groups is 2. The number of benzene rings is 1. The Morgan fingerprint density at radius 3 is 2.59 bits per heavy atom. The summed E-state index contributed by atoms with van der Waals surface area (Å²) < 4.78 is 0.980. The zero-order valence-electron chi connectivity index (χ0n) is 12.8. The maximum absolute atomic E-state index is 11.9. The lowest BCUT2D eigenvalue weighted by Gasteiger charge is -2.16. The van der Waals surface area contributed by atoms with E-state index in [0.29, 0.717) is 19.5 Å². The predicted molar refractivity (Wildman–Crippen MR) is 93.7 cm³/mol. The van der Waals surface area contributed by atoms with Crippen molar-refractivity contribution in [2.45, 2.75) is 26.2 Å². The quantitative estimate of drug-likeness (QED) is 0.665. The van der Waals surface area contributed by atoms with Crippen LogP contribution < -0.4 is 5.32 Å². The summed E-state index contributed by atoms with van der Waals surface area (Å²) in [6.07, 6.45) is 1.58. The zero-order valence-corrected chi connectivity index (χ0v) is 15.2. The molecule has 0 saturated carbocycles. The van der Waals surface area contributed by atoms with Gasteiger partial charge in [-0.1, -0.05) is 15.9 Å². The standard InChI is InChI=1S/C15H21BrN2O3.ClH/c1-11-9-12(16)6-7-13(11)17-14(19)10-18(2)8-4-3-5-15(20)21;/h6-7,9H,3-5,8,10H2,1-2H3,(H,17,19)(H,20,21);1H. The van der Waals surface area contributed by atoms with Gasteiger partial charge in [-0.3, -0.25) is 14.5 Å². The number of unbranched alkanes of at least 4 members (excludes halogenated alkanes) is 1. The van der Waals surface area contributed by atoms with Crippen molar-refractivity contribution in [1.82, 2.24) is 4.90 Å². The molecule has 0 saturated heterocycles. The number of halogens is 2. The summed E-state index contributed by atoms with van der Waals surface area (Å²) in [4.78, 5) is 24.2. The Balaban J connectivity index is 0.00000441. The predicted octanol–water partition coefficient (Wildman–Crippen LogP) is 3.30. The van der Waals surface area contributed by atoms with Gasteiger partial charge in [-0.15, -0.1) is 12.4 Å². The van der Waals surface area contributed by atoms with Crippen LogP contribution >= 0.6 is 28.3 Å². The molecule has 124 valence electrons. The van der Waals surface area contributed by atoms with E-state index >= 15 is 0 Å². The van der Waals surface area contributed by atoms with Gasteiger partial charge < -0.3 is 10.4 Å². The minimum atomic E-state index is -0.777. The van der Waals surface area contributed by atoms with Crippen molar-refractivity contribution in [2.75, 3.05) is 25.5 Å². The molecule has 0 aliphatic carbocycles. The lowest BCUT2D eigenvalue weighted by atomic mass is 10.2. The number of carboxylic acid groups (broad SMARTS) is 1. The van der Waals surface area contributed by atoms with Crippen LogP contribution in [-0.2, 0) is 9.59 Å². The van der Waals surface area contributed by atoms with Gasteiger partial charge in [-0.2, -0.15) is 0 Å². The molecule has 0 radical (unpaired) electrons. The number of carbonyl (C=O) groups excluding carboxylic acids is 1. The first-order chi connectivity index (χ1) is 9.88. The third-order valence-corrected chi connectivity index (χ3v) is 3.55. The smallest absolute Gasteiger partial charge is 0.303 e. The molecule has 0 aromatic heterocycles. The van der Waals surface area contributed by atoms with Crippen LogP contribution in [0.4, 0.5) is 5.69 Å². The molecule has 0 unspecified atom stereocenters. The number of nitrogens with zero attached hydrogens (tertiary/aromatic N) is 1. The van der Waals surface area contributed by atoms with E-state index in [1.54, 1.807) is 0 Å². The molecule has 0 atom stereocenters. The van der Waals surface area contributed by atoms with E-state index in [4.69, 9.17) is 5.11 Å². The van der Waals surface area contributed by atoms with E-state index in [-0.39, 0.29) is 24.7 Å². The normalized spacial score (nSPS) is 10.2. The summed E-state index contributed by atoms with van der Waals surface area (Å²) in [5.41, 5.74) is 1.81. The van der Waals surface area contributed by atoms with Crippen molar-refractivity contribution < 1.29 is 14.7 Å². The Morgan fingerprint density at radius 1 is 1.32 bits per heavy atom. The molecule has 1 amide bonds. The average Bonchev–Trinajstić information content (AvgIpc) is 2.38. The third-order valence-electron chi connectivity index (χ3n) is 3.06. The monoisotopic (exact) mass is 392 g/mol. The topological polar surface area (TPSA) is 69.6 Å². The second-order valence-electron chi connectivity index (χ2n) is 5.10. The summed E-state index contributed by atoms with van der Waals surface area (Å²) in [6.45, 7) is 2.94. The molecule has 0 spiro atoms. The van der Waals surface area contributed by atoms with E-state index < -0.39 is 5.97 Å². The van der Waals surface area contributed by atoms with Crippen molar-refractivity contribution in [1.29, 1.82) is 0 Å². The summed E-state index contributed by atoms with van der Waals surface area (Å²) >= 11 is 3.39. The van der Waals surface area contributed by atoms with Crippen molar-refractivity contribution >= 4 is 45.9 Å². The van der Waals surface area contributed by atoms with E-state index in [2.05, 4.69) is 21.2 Å². The van der Waals surface area contributed by atoms with Gasteiger partial charge in [0.15, 0.2) is 0 Å². The fourth-order valence-corrected chi connectivity index (χ4v) is 2.41. The summed E-state index contributed by atoms with van der Waals surface area (Å²) in [6, 6.07) is 5.70. The Hall–Kier alpha value is -1.11. The number of nitrogens with one attached hydrogen (secondary N) is 1. The second-order valence-corrected chi connectivity index (χ2v) is 6.01. The largest absolute Gasteiger partial charge is 0.481 e. The van der Waals surface area contributed by atoms with E-state index in [1.165, 1.54) is 0 Å². The molecular weight excluding hydrogens is 372 g/mol. The lowest BCUT2D eigenvalue weighted by molar-refractivity contribution is -0.137. The first-order valence-electron chi connectivity index (χ1n) is 6.85. The first-order valence-corrected chi connectivity index (χ1v) is 7.64. The van der Waals surface area contributed by atoms with E-state index in [9.17, 15) is 9.59 Å². The fraction of sp³-hybridized carbons (Fsp3) is 0.467. The Labute approximate surface area is 145 Å². The minimum absolute atomic E-state index is 0. The highest BCUT2D eigenvalue weighted by Crippen LogP contribution is 2.19. The molecule has 1 aromatic carbocycles. The van der Waals surface area contributed by atoms with Crippen LogP contribution in [0.25, 0.3) is 0 Å². The number of aliphatic carboxylic acids is 1. The Kier molecular flexibility index (Phi) is 10.1. The number of carboxylic acids is 1. The van der Waals surface area contributed by atoms with E-state index in [0.717, 1.165) is 22.1 Å². The SMILES string of the molecule is Cc1cc(Br)ccc1NC(=O)CN(C)CCCCC(=O)O.Cl.